The zero-order valence-corrected chi connectivity index (χ0v) is 12.0. The third-order valence-corrected chi connectivity index (χ3v) is 2.91. The molecular weight excluding hydrogens is 298 g/mol. The summed E-state index contributed by atoms with van der Waals surface area (Å²) in [5.41, 5.74) is 0.167. The molecule has 0 atom stereocenters. The van der Waals surface area contributed by atoms with Crippen molar-refractivity contribution in [3.05, 3.63) is 47.5 Å². The molecule has 0 radical (unpaired) electrons. The van der Waals surface area contributed by atoms with Crippen molar-refractivity contribution in [1.82, 2.24) is 4.98 Å². The van der Waals surface area contributed by atoms with Gasteiger partial charge in [0.1, 0.15) is 29.7 Å². The fraction of sp³-hybridized carbons (Fsp3) is 0.0667. The molecule has 2 aromatic rings. The van der Waals surface area contributed by atoms with Crippen molar-refractivity contribution in [2.45, 2.75) is 0 Å². The van der Waals surface area contributed by atoms with Gasteiger partial charge in [-0.3, -0.25) is 15.1 Å². The zero-order valence-electron chi connectivity index (χ0n) is 12.0. The minimum absolute atomic E-state index is 0.0824. The summed E-state index contributed by atoms with van der Waals surface area (Å²) in [5, 5.41) is 33.3. The van der Waals surface area contributed by atoms with Gasteiger partial charge in [-0.15, -0.1) is 0 Å². The number of aromatic nitrogens is 1. The van der Waals surface area contributed by atoms with E-state index in [1.807, 2.05) is 6.07 Å². The smallest absolute Gasteiger partial charge is 0.272 e. The van der Waals surface area contributed by atoms with Crippen LogP contribution in [0.3, 0.4) is 0 Å². The Balaban J connectivity index is 2.34. The van der Waals surface area contributed by atoms with Crippen LogP contribution < -0.4 is 10.6 Å². The molecular formula is C15H11N5O3. The number of carbonyl (C=O) groups excluding carboxylic acids is 1. The maximum absolute atomic E-state index is 12.2. The van der Waals surface area contributed by atoms with Crippen LogP contribution in [-0.2, 0) is 4.79 Å². The molecule has 0 aromatic carbocycles. The van der Waals surface area contributed by atoms with Gasteiger partial charge in [0.05, 0.1) is 5.69 Å². The molecule has 8 nitrogen and oxygen atoms in total. The van der Waals surface area contributed by atoms with Crippen molar-refractivity contribution < 1.29 is 14.3 Å². The number of nitriles is 2. The largest absolute Gasteiger partial charge is 0.506 e. The summed E-state index contributed by atoms with van der Waals surface area (Å²) < 4.78 is 5.09. The van der Waals surface area contributed by atoms with E-state index in [1.54, 1.807) is 19.2 Å². The van der Waals surface area contributed by atoms with E-state index in [9.17, 15) is 9.90 Å². The molecule has 0 spiro atoms. The predicted molar refractivity (Wildman–Crippen MR) is 81.0 cm³/mol. The summed E-state index contributed by atoms with van der Waals surface area (Å²) in [6.45, 7) is 0. The highest BCUT2D eigenvalue weighted by Crippen LogP contribution is 2.26. The van der Waals surface area contributed by atoms with Crippen LogP contribution in [0, 0.1) is 22.7 Å². The van der Waals surface area contributed by atoms with Gasteiger partial charge in [-0.05, 0) is 12.1 Å². The molecule has 0 saturated carbocycles. The summed E-state index contributed by atoms with van der Waals surface area (Å²) in [6.07, 6.45) is 4.06. The van der Waals surface area contributed by atoms with Gasteiger partial charge < -0.3 is 14.8 Å². The lowest BCUT2D eigenvalue weighted by atomic mass is 10.1. The van der Waals surface area contributed by atoms with Gasteiger partial charge >= 0.3 is 0 Å². The molecule has 0 fully saturated rings. The van der Waals surface area contributed by atoms with E-state index in [2.05, 4.69) is 15.6 Å². The van der Waals surface area contributed by atoms with Crippen LogP contribution in [-0.4, -0.2) is 23.0 Å². The maximum atomic E-state index is 12.2. The maximum Gasteiger partial charge on any atom is 0.272 e. The van der Waals surface area contributed by atoms with Gasteiger partial charge in [0.15, 0.2) is 5.57 Å². The van der Waals surface area contributed by atoms with Crippen molar-refractivity contribution in [3.63, 3.8) is 0 Å². The summed E-state index contributed by atoms with van der Waals surface area (Å²) in [4.78, 5) is 16.0. The first-order valence-corrected chi connectivity index (χ1v) is 6.36. The van der Waals surface area contributed by atoms with Gasteiger partial charge in [0.2, 0.25) is 5.88 Å². The summed E-state index contributed by atoms with van der Waals surface area (Å²) in [5.74, 6) is -1.53. The minimum Gasteiger partial charge on any atom is -0.506 e. The molecule has 1 amide bonds. The van der Waals surface area contributed by atoms with Gasteiger partial charge in [-0.2, -0.15) is 10.5 Å². The molecule has 0 aliphatic heterocycles. The number of hydrogen-bond donors (Lipinski definition) is 3. The van der Waals surface area contributed by atoms with E-state index in [0.29, 0.717) is 5.69 Å². The van der Waals surface area contributed by atoms with Crippen molar-refractivity contribution in [2.24, 2.45) is 0 Å². The lowest BCUT2D eigenvalue weighted by Gasteiger charge is -2.04. The Hall–Kier alpha value is -3.78. The Morgan fingerprint density at radius 3 is 2.78 bits per heavy atom. The third kappa shape index (κ3) is 3.12. The van der Waals surface area contributed by atoms with Crippen molar-refractivity contribution in [2.75, 3.05) is 17.7 Å². The number of pyridine rings is 1. The van der Waals surface area contributed by atoms with Crippen LogP contribution in [0.4, 0.5) is 11.6 Å². The number of furan rings is 1. The highest BCUT2D eigenvalue weighted by molar-refractivity contribution is 6.11. The molecule has 2 aromatic heterocycles. The number of aliphatic hydroxyl groups excluding tert-OH is 1. The lowest BCUT2D eigenvalue weighted by Crippen LogP contribution is -2.15. The average molecular weight is 309 g/mol. The van der Waals surface area contributed by atoms with Crippen LogP contribution >= 0.6 is 0 Å². The van der Waals surface area contributed by atoms with E-state index >= 15 is 0 Å². The highest BCUT2D eigenvalue weighted by Gasteiger charge is 2.21. The van der Waals surface area contributed by atoms with Crippen LogP contribution in [0.15, 0.2) is 40.8 Å². The average Bonchev–Trinajstić information content (AvgIpc) is 2.97. The summed E-state index contributed by atoms with van der Waals surface area (Å²) >= 11 is 0. The molecule has 0 saturated heterocycles. The van der Waals surface area contributed by atoms with E-state index in [-0.39, 0.29) is 17.0 Å². The Labute approximate surface area is 131 Å². The molecule has 0 unspecified atom stereocenters. The number of nitrogens with one attached hydrogen (secondary N) is 2. The first-order chi connectivity index (χ1) is 11.1. The topological polar surface area (TPSA) is 135 Å². The quantitative estimate of drug-likeness (QED) is 0.446. The Morgan fingerprint density at radius 1 is 1.43 bits per heavy atom. The molecule has 23 heavy (non-hydrogen) atoms. The Morgan fingerprint density at radius 2 is 2.22 bits per heavy atom. The number of anilines is 2. The van der Waals surface area contributed by atoms with Crippen LogP contribution in [0.1, 0.15) is 11.1 Å². The number of amides is 1. The van der Waals surface area contributed by atoms with Crippen molar-refractivity contribution in [3.8, 4) is 12.1 Å². The predicted octanol–water partition coefficient (Wildman–Crippen LogP) is 2.02. The van der Waals surface area contributed by atoms with E-state index in [4.69, 9.17) is 14.9 Å². The number of nitrogens with zero attached hydrogens (tertiary/aromatic N) is 3. The molecule has 0 aliphatic rings. The fourth-order valence-electron chi connectivity index (χ4n) is 1.77. The number of hydrogen-bond acceptors (Lipinski definition) is 7. The first-order valence-electron chi connectivity index (χ1n) is 6.36. The minimum atomic E-state index is -0.901. The van der Waals surface area contributed by atoms with E-state index in [1.165, 1.54) is 24.7 Å². The highest BCUT2D eigenvalue weighted by atomic mass is 16.3. The van der Waals surface area contributed by atoms with Gasteiger partial charge in [0.25, 0.3) is 5.91 Å². The Kier molecular flexibility index (Phi) is 4.60. The zero-order chi connectivity index (χ0) is 16.8. The molecule has 8 heteroatoms. The summed E-state index contributed by atoms with van der Waals surface area (Å²) in [6, 6.07) is 6.56. The van der Waals surface area contributed by atoms with Crippen molar-refractivity contribution in [1.29, 1.82) is 10.5 Å². The van der Waals surface area contributed by atoms with Crippen molar-refractivity contribution >= 4 is 23.2 Å². The molecule has 2 heterocycles. The standard InChI is InChI=1S/C15H11N5O3/c1-18-12-8-23-15(10(12)5-16)20-14(22)11(6-17)13(21)9-3-2-4-19-7-9/h2-4,7-8,18,21H,1H3,(H,20,22). The van der Waals surface area contributed by atoms with Gasteiger partial charge in [-0.1, -0.05) is 0 Å². The first kappa shape index (κ1) is 15.6. The Bertz CT molecular complexity index is 840. The second kappa shape index (κ2) is 6.78. The monoisotopic (exact) mass is 309 g/mol. The summed E-state index contributed by atoms with van der Waals surface area (Å²) in [7, 11) is 1.59. The number of carbonyl (C=O) groups is 1. The van der Waals surface area contributed by atoms with Gasteiger partial charge in [0, 0.05) is 25.0 Å². The van der Waals surface area contributed by atoms with E-state index in [0.717, 1.165) is 0 Å². The van der Waals surface area contributed by atoms with Crippen LogP contribution in [0.25, 0.3) is 5.76 Å². The van der Waals surface area contributed by atoms with Crippen LogP contribution in [0.2, 0.25) is 0 Å². The molecule has 0 bridgehead atoms. The second-order valence-corrected chi connectivity index (χ2v) is 4.25. The third-order valence-electron chi connectivity index (χ3n) is 2.91. The molecule has 0 aliphatic carbocycles. The van der Waals surface area contributed by atoms with Crippen LogP contribution in [0.5, 0.6) is 0 Å². The second-order valence-electron chi connectivity index (χ2n) is 4.25. The lowest BCUT2D eigenvalue weighted by molar-refractivity contribution is -0.112. The van der Waals surface area contributed by atoms with E-state index < -0.39 is 17.2 Å². The molecule has 3 N–H and O–H groups in total. The van der Waals surface area contributed by atoms with Gasteiger partial charge in [-0.25, -0.2) is 0 Å². The fourth-order valence-corrected chi connectivity index (χ4v) is 1.77. The molecule has 114 valence electrons. The normalized spacial score (nSPS) is 10.9. The molecule has 2 rings (SSSR count). The number of aliphatic hydroxyl groups is 1. The number of rotatable bonds is 4. The SMILES string of the molecule is CNc1coc(NC(=O)C(C#N)=C(O)c2cccnc2)c1C#N.